The van der Waals surface area contributed by atoms with Gasteiger partial charge in [-0.25, -0.2) is 4.98 Å². The van der Waals surface area contributed by atoms with Crippen LogP contribution in [0.1, 0.15) is 5.56 Å². The number of pyridine rings is 2. The fraction of sp³-hybridized carbons (Fsp3) is 0.0417. The van der Waals surface area contributed by atoms with E-state index < -0.39 is 0 Å². The van der Waals surface area contributed by atoms with Gasteiger partial charge in [-0.05, 0) is 60.2 Å². The van der Waals surface area contributed by atoms with Crippen LogP contribution in [-0.2, 0) is 0 Å². The van der Waals surface area contributed by atoms with Crippen molar-refractivity contribution in [2.75, 3.05) is 12.1 Å². The molecule has 2 aromatic carbocycles. The van der Waals surface area contributed by atoms with Gasteiger partial charge >= 0.3 is 0 Å². The maximum Gasteiger partial charge on any atom is 0.231 e. The third-order valence-electron chi connectivity index (χ3n) is 4.85. The van der Waals surface area contributed by atoms with Crippen molar-refractivity contribution in [1.29, 1.82) is 5.26 Å². The maximum atomic E-state index is 10.0. The van der Waals surface area contributed by atoms with E-state index in [2.05, 4.69) is 16.4 Å². The molecule has 150 valence electrons. The number of fused-ring (bicyclic) bond motifs is 1. The molecule has 0 saturated carbocycles. The first-order valence-electron chi connectivity index (χ1n) is 9.50. The molecule has 7 heteroatoms. The van der Waals surface area contributed by atoms with Gasteiger partial charge in [0.15, 0.2) is 11.5 Å². The summed E-state index contributed by atoms with van der Waals surface area (Å²) in [6.07, 6.45) is 1.71. The number of benzene rings is 2. The molecule has 6 nitrogen and oxygen atoms in total. The molecule has 0 atom stereocenters. The van der Waals surface area contributed by atoms with Crippen molar-refractivity contribution >= 4 is 23.1 Å². The van der Waals surface area contributed by atoms with Crippen molar-refractivity contribution < 1.29 is 9.47 Å². The summed E-state index contributed by atoms with van der Waals surface area (Å²) in [6, 6.07) is 22.6. The number of rotatable bonds is 4. The highest BCUT2D eigenvalue weighted by molar-refractivity contribution is 6.30. The molecule has 0 fully saturated rings. The van der Waals surface area contributed by atoms with Crippen LogP contribution in [0.25, 0.3) is 22.5 Å². The molecule has 1 aliphatic heterocycles. The van der Waals surface area contributed by atoms with Crippen LogP contribution in [0.5, 0.6) is 11.5 Å². The first kappa shape index (κ1) is 18.9. The standard InChI is InChI=1S/C24H15ClN4O2/c25-16-5-7-17(8-6-16)28-24-19(13-26)18(12-21(29-24)20-3-1-2-10-27-20)15-4-9-22-23(11-15)31-14-30-22/h1-12H,14H2,(H,28,29). The largest absolute Gasteiger partial charge is 0.454 e. The number of hydrogen-bond donors (Lipinski definition) is 1. The number of nitrogens with zero attached hydrogens (tertiary/aromatic N) is 3. The smallest absolute Gasteiger partial charge is 0.231 e. The zero-order chi connectivity index (χ0) is 21.2. The minimum atomic E-state index is 0.183. The van der Waals surface area contributed by atoms with E-state index in [1.54, 1.807) is 18.3 Å². The Balaban J connectivity index is 1.68. The van der Waals surface area contributed by atoms with Gasteiger partial charge in [-0.2, -0.15) is 5.26 Å². The van der Waals surface area contributed by atoms with Crippen LogP contribution in [0.15, 0.2) is 72.9 Å². The Morgan fingerprint density at radius 1 is 0.935 bits per heavy atom. The Morgan fingerprint density at radius 2 is 1.77 bits per heavy atom. The Kier molecular flexibility index (Phi) is 4.87. The summed E-state index contributed by atoms with van der Waals surface area (Å²) >= 11 is 6.00. The third kappa shape index (κ3) is 3.75. The molecular formula is C24H15ClN4O2. The van der Waals surface area contributed by atoms with Gasteiger partial charge < -0.3 is 14.8 Å². The molecule has 0 bridgehead atoms. The lowest BCUT2D eigenvalue weighted by Gasteiger charge is -2.14. The van der Waals surface area contributed by atoms with E-state index in [0.717, 1.165) is 11.3 Å². The van der Waals surface area contributed by atoms with Crippen LogP contribution in [0, 0.1) is 11.3 Å². The van der Waals surface area contributed by atoms with Gasteiger partial charge in [0, 0.05) is 22.5 Å². The number of hydrogen-bond acceptors (Lipinski definition) is 6. The highest BCUT2D eigenvalue weighted by Gasteiger charge is 2.19. The second-order valence-corrected chi connectivity index (χ2v) is 7.24. The maximum absolute atomic E-state index is 10.0. The van der Waals surface area contributed by atoms with Crippen molar-refractivity contribution in [1.82, 2.24) is 9.97 Å². The van der Waals surface area contributed by atoms with Crippen molar-refractivity contribution in [2.24, 2.45) is 0 Å². The molecule has 0 spiro atoms. The molecule has 4 aromatic rings. The van der Waals surface area contributed by atoms with E-state index in [-0.39, 0.29) is 6.79 Å². The molecule has 0 unspecified atom stereocenters. The molecule has 1 aliphatic rings. The monoisotopic (exact) mass is 426 g/mol. The van der Waals surface area contributed by atoms with Crippen LogP contribution in [0.2, 0.25) is 5.02 Å². The molecular weight excluding hydrogens is 412 g/mol. The van der Waals surface area contributed by atoms with Crippen molar-refractivity contribution in [3.8, 4) is 40.1 Å². The van der Waals surface area contributed by atoms with Crippen molar-refractivity contribution in [3.05, 3.63) is 83.5 Å². The average molecular weight is 427 g/mol. The molecule has 2 aromatic heterocycles. The fourth-order valence-corrected chi connectivity index (χ4v) is 3.48. The number of aromatic nitrogens is 2. The first-order chi connectivity index (χ1) is 15.2. The summed E-state index contributed by atoms with van der Waals surface area (Å²) in [4.78, 5) is 9.13. The lowest BCUT2D eigenvalue weighted by molar-refractivity contribution is 0.174. The number of nitrogens with one attached hydrogen (secondary N) is 1. The summed E-state index contributed by atoms with van der Waals surface area (Å²) in [5, 5.41) is 13.9. The predicted molar refractivity (Wildman–Crippen MR) is 118 cm³/mol. The van der Waals surface area contributed by atoms with E-state index in [1.807, 2.05) is 54.6 Å². The molecule has 31 heavy (non-hydrogen) atoms. The fourth-order valence-electron chi connectivity index (χ4n) is 3.36. The van der Waals surface area contributed by atoms with Crippen LogP contribution in [0.4, 0.5) is 11.5 Å². The van der Waals surface area contributed by atoms with Gasteiger partial charge in [0.2, 0.25) is 6.79 Å². The van der Waals surface area contributed by atoms with E-state index in [0.29, 0.717) is 44.9 Å². The summed E-state index contributed by atoms with van der Waals surface area (Å²) < 4.78 is 10.9. The summed E-state index contributed by atoms with van der Waals surface area (Å²) in [6.45, 7) is 0.183. The van der Waals surface area contributed by atoms with Crippen molar-refractivity contribution in [3.63, 3.8) is 0 Å². The molecule has 3 heterocycles. The van der Waals surface area contributed by atoms with E-state index >= 15 is 0 Å². The first-order valence-corrected chi connectivity index (χ1v) is 9.88. The number of nitriles is 1. The van der Waals surface area contributed by atoms with Gasteiger partial charge in [0.05, 0.1) is 11.4 Å². The molecule has 5 rings (SSSR count). The van der Waals surface area contributed by atoms with Gasteiger partial charge in [-0.1, -0.05) is 23.7 Å². The van der Waals surface area contributed by atoms with Gasteiger partial charge in [0.1, 0.15) is 17.5 Å². The third-order valence-corrected chi connectivity index (χ3v) is 5.10. The Morgan fingerprint density at radius 3 is 2.55 bits per heavy atom. The summed E-state index contributed by atoms with van der Waals surface area (Å²) in [7, 11) is 0. The minimum absolute atomic E-state index is 0.183. The van der Waals surface area contributed by atoms with E-state index in [1.165, 1.54) is 0 Å². The van der Waals surface area contributed by atoms with Crippen LogP contribution in [0.3, 0.4) is 0 Å². The predicted octanol–water partition coefficient (Wildman–Crippen LogP) is 5.81. The molecule has 0 amide bonds. The molecule has 0 saturated heterocycles. The van der Waals surface area contributed by atoms with Gasteiger partial charge in [-0.3, -0.25) is 4.98 Å². The summed E-state index contributed by atoms with van der Waals surface area (Å²) in [5.41, 5.74) is 4.06. The van der Waals surface area contributed by atoms with Crippen LogP contribution < -0.4 is 14.8 Å². The Labute approximate surface area is 183 Å². The second-order valence-electron chi connectivity index (χ2n) is 6.81. The van der Waals surface area contributed by atoms with E-state index in [9.17, 15) is 5.26 Å². The number of halogens is 1. The van der Waals surface area contributed by atoms with Crippen LogP contribution in [-0.4, -0.2) is 16.8 Å². The lowest BCUT2D eigenvalue weighted by atomic mass is 9.99. The number of ether oxygens (including phenoxy) is 2. The van der Waals surface area contributed by atoms with Crippen molar-refractivity contribution in [2.45, 2.75) is 0 Å². The Hall–Kier alpha value is -4.08. The van der Waals surface area contributed by atoms with Gasteiger partial charge in [0.25, 0.3) is 0 Å². The highest BCUT2D eigenvalue weighted by atomic mass is 35.5. The number of anilines is 2. The van der Waals surface area contributed by atoms with Gasteiger partial charge in [-0.15, -0.1) is 0 Å². The molecule has 0 aliphatic carbocycles. The lowest BCUT2D eigenvalue weighted by Crippen LogP contribution is -2.01. The zero-order valence-electron chi connectivity index (χ0n) is 16.2. The molecule has 0 radical (unpaired) electrons. The molecule has 1 N–H and O–H groups in total. The van der Waals surface area contributed by atoms with Crippen LogP contribution >= 0.6 is 11.6 Å². The second kappa shape index (κ2) is 7.98. The average Bonchev–Trinajstić information content (AvgIpc) is 3.28. The minimum Gasteiger partial charge on any atom is -0.454 e. The SMILES string of the molecule is N#Cc1c(-c2ccc3c(c2)OCO3)cc(-c2ccccn2)nc1Nc1ccc(Cl)cc1. The summed E-state index contributed by atoms with van der Waals surface area (Å²) in [5.74, 6) is 1.76. The van der Waals surface area contributed by atoms with E-state index in [4.69, 9.17) is 26.1 Å². The Bertz CT molecular complexity index is 1300. The normalized spacial score (nSPS) is 11.7. The highest BCUT2D eigenvalue weighted by Crippen LogP contribution is 2.39. The zero-order valence-corrected chi connectivity index (χ0v) is 16.9. The quantitative estimate of drug-likeness (QED) is 0.443. The topological polar surface area (TPSA) is 80.1 Å².